The molecule has 1 unspecified atom stereocenters. The third-order valence-electron chi connectivity index (χ3n) is 2.71. The Hall–Kier alpha value is -1.80. The summed E-state index contributed by atoms with van der Waals surface area (Å²) in [6.45, 7) is 0. The largest absolute Gasteiger partial charge is 0.492 e. The number of hydrogen-bond donors (Lipinski definition) is 2. The van der Waals surface area contributed by atoms with Crippen molar-refractivity contribution in [3.8, 4) is 11.5 Å². The number of aliphatic carboxylic acids is 1. The van der Waals surface area contributed by atoms with Gasteiger partial charge in [-0.2, -0.15) is 0 Å². The Morgan fingerprint density at radius 3 is 2.25 bits per heavy atom. The Morgan fingerprint density at radius 2 is 1.85 bits per heavy atom. The summed E-state index contributed by atoms with van der Waals surface area (Å²) in [5.41, 5.74) is 6.16. The van der Waals surface area contributed by atoms with Gasteiger partial charge in [0.25, 0.3) is 0 Å². The molecule has 0 bridgehead atoms. The first-order chi connectivity index (χ1) is 9.22. The van der Waals surface area contributed by atoms with E-state index in [4.69, 9.17) is 20.3 Å². The van der Waals surface area contributed by atoms with Crippen molar-refractivity contribution in [2.45, 2.75) is 17.4 Å². The molecule has 0 saturated carbocycles. The zero-order valence-corrected chi connectivity index (χ0v) is 12.2. The third-order valence-corrected chi connectivity index (χ3v) is 3.83. The zero-order chi connectivity index (χ0) is 15.5. The first kappa shape index (κ1) is 16.3. The molecule has 112 valence electrons. The molecule has 0 saturated heterocycles. The van der Waals surface area contributed by atoms with Gasteiger partial charge in [0.15, 0.2) is 21.3 Å². The molecule has 0 aliphatic carbocycles. The molecular formula is C12H17NO6S. The molecule has 1 aromatic rings. The lowest BCUT2D eigenvalue weighted by Crippen LogP contribution is -2.17. The van der Waals surface area contributed by atoms with Crippen LogP contribution in [0.25, 0.3) is 0 Å². The van der Waals surface area contributed by atoms with Crippen LogP contribution in [0.4, 0.5) is 0 Å². The number of carboxylic acid groups (broad SMARTS) is 1. The normalized spacial score (nSPS) is 12.8. The van der Waals surface area contributed by atoms with E-state index in [-0.39, 0.29) is 22.8 Å². The van der Waals surface area contributed by atoms with Crippen LogP contribution in [-0.4, -0.2) is 40.0 Å². The van der Waals surface area contributed by atoms with Gasteiger partial charge in [-0.1, -0.05) is 6.07 Å². The number of sulfone groups is 1. The van der Waals surface area contributed by atoms with Crippen molar-refractivity contribution in [3.05, 3.63) is 17.7 Å². The van der Waals surface area contributed by atoms with Gasteiger partial charge in [0.05, 0.1) is 20.6 Å². The summed E-state index contributed by atoms with van der Waals surface area (Å²) >= 11 is 0. The highest BCUT2D eigenvalue weighted by atomic mass is 32.2. The van der Waals surface area contributed by atoms with E-state index in [1.165, 1.54) is 26.4 Å². The molecule has 0 aromatic heterocycles. The fourth-order valence-corrected chi connectivity index (χ4v) is 2.67. The second-order valence-electron chi connectivity index (χ2n) is 4.20. The lowest BCUT2D eigenvalue weighted by atomic mass is 10.0. The van der Waals surface area contributed by atoms with Crippen molar-refractivity contribution in [1.29, 1.82) is 0 Å². The number of benzene rings is 1. The van der Waals surface area contributed by atoms with Crippen LogP contribution in [0.15, 0.2) is 17.0 Å². The van der Waals surface area contributed by atoms with Gasteiger partial charge < -0.3 is 20.3 Å². The van der Waals surface area contributed by atoms with Crippen molar-refractivity contribution in [2.75, 3.05) is 20.5 Å². The molecule has 1 atom stereocenters. The first-order valence-electron chi connectivity index (χ1n) is 5.64. The minimum Gasteiger partial charge on any atom is -0.492 e. The van der Waals surface area contributed by atoms with Gasteiger partial charge in [-0.25, -0.2) is 8.42 Å². The highest BCUT2D eigenvalue weighted by Gasteiger charge is 2.24. The van der Waals surface area contributed by atoms with Crippen LogP contribution in [-0.2, 0) is 14.6 Å². The predicted octanol–water partition coefficient (Wildman–Crippen LogP) is 0.582. The van der Waals surface area contributed by atoms with Crippen LogP contribution in [0.5, 0.6) is 11.5 Å². The molecule has 0 radical (unpaired) electrons. The molecule has 8 heteroatoms. The van der Waals surface area contributed by atoms with Gasteiger partial charge in [-0.05, 0) is 6.07 Å². The molecule has 0 spiro atoms. The average Bonchev–Trinajstić information content (AvgIpc) is 2.34. The van der Waals surface area contributed by atoms with Crippen LogP contribution < -0.4 is 15.2 Å². The summed E-state index contributed by atoms with van der Waals surface area (Å²) in [5.74, 6) is -0.914. The minimum absolute atomic E-state index is 0.0216. The van der Waals surface area contributed by atoms with Crippen molar-refractivity contribution in [1.82, 2.24) is 0 Å². The van der Waals surface area contributed by atoms with E-state index >= 15 is 0 Å². The van der Waals surface area contributed by atoms with Gasteiger partial charge in [-0.3, -0.25) is 4.79 Å². The number of carbonyl (C=O) groups is 1. The Kier molecular flexibility index (Phi) is 4.96. The number of rotatable bonds is 6. The molecule has 3 N–H and O–H groups in total. The highest BCUT2D eigenvalue weighted by molar-refractivity contribution is 7.90. The van der Waals surface area contributed by atoms with E-state index in [1.54, 1.807) is 0 Å². The van der Waals surface area contributed by atoms with E-state index in [2.05, 4.69) is 0 Å². The summed E-state index contributed by atoms with van der Waals surface area (Å²) in [4.78, 5) is 10.7. The summed E-state index contributed by atoms with van der Waals surface area (Å²) in [5, 5.41) is 8.77. The topological polar surface area (TPSA) is 116 Å². The Morgan fingerprint density at radius 1 is 1.30 bits per heavy atom. The molecule has 0 aliphatic rings. The Bertz CT molecular complexity index is 611. The van der Waals surface area contributed by atoms with Crippen molar-refractivity contribution < 1.29 is 27.8 Å². The number of nitrogens with two attached hydrogens (primary N) is 1. The number of methoxy groups -OCH3 is 2. The number of carboxylic acids is 1. The molecule has 1 aromatic carbocycles. The summed E-state index contributed by atoms with van der Waals surface area (Å²) in [6.07, 6.45) is 0.735. The molecular weight excluding hydrogens is 286 g/mol. The molecule has 1 rings (SSSR count). The van der Waals surface area contributed by atoms with E-state index in [9.17, 15) is 13.2 Å². The SMILES string of the molecule is COc1c(C(N)CC(=O)O)ccc(S(C)(=O)=O)c1OC. The number of ether oxygens (including phenoxy) is 2. The fourth-order valence-electron chi connectivity index (χ4n) is 1.85. The fraction of sp³-hybridized carbons (Fsp3) is 0.417. The van der Waals surface area contributed by atoms with Crippen LogP contribution >= 0.6 is 0 Å². The summed E-state index contributed by atoms with van der Waals surface area (Å²) in [6, 6.07) is 1.93. The lowest BCUT2D eigenvalue weighted by Gasteiger charge is -2.18. The standard InChI is InChI=1S/C12H17NO6S/c1-18-11-7(8(13)6-10(14)15)4-5-9(12(11)19-2)20(3,16)17/h4-5,8H,6,13H2,1-3H3,(H,14,15). The second kappa shape index (κ2) is 6.10. The second-order valence-corrected chi connectivity index (χ2v) is 6.18. The molecule has 0 heterocycles. The monoisotopic (exact) mass is 303 g/mol. The van der Waals surface area contributed by atoms with Gasteiger partial charge in [-0.15, -0.1) is 0 Å². The molecule has 0 fully saturated rings. The van der Waals surface area contributed by atoms with Gasteiger partial charge in [0.2, 0.25) is 0 Å². The maximum atomic E-state index is 11.7. The lowest BCUT2D eigenvalue weighted by molar-refractivity contribution is -0.137. The summed E-state index contributed by atoms with van der Waals surface area (Å²) in [7, 11) is -0.867. The predicted molar refractivity (Wildman–Crippen MR) is 71.8 cm³/mol. The van der Waals surface area contributed by atoms with E-state index < -0.39 is 21.8 Å². The quantitative estimate of drug-likeness (QED) is 0.789. The minimum atomic E-state index is -3.51. The maximum Gasteiger partial charge on any atom is 0.305 e. The van der Waals surface area contributed by atoms with Crippen LogP contribution in [0.3, 0.4) is 0 Å². The summed E-state index contributed by atoms with van der Waals surface area (Å²) < 4.78 is 33.6. The van der Waals surface area contributed by atoms with Crippen molar-refractivity contribution >= 4 is 15.8 Å². The third kappa shape index (κ3) is 3.40. The maximum absolute atomic E-state index is 11.7. The van der Waals surface area contributed by atoms with Gasteiger partial charge >= 0.3 is 5.97 Å². The van der Waals surface area contributed by atoms with E-state index in [0.29, 0.717) is 5.56 Å². The zero-order valence-electron chi connectivity index (χ0n) is 11.4. The van der Waals surface area contributed by atoms with E-state index in [0.717, 1.165) is 6.26 Å². The number of hydrogen-bond acceptors (Lipinski definition) is 6. The molecule has 0 aliphatic heterocycles. The van der Waals surface area contributed by atoms with Gasteiger partial charge in [0.1, 0.15) is 4.90 Å². The highest BCUT2D eigenvalue weighted by Crippen LogP contribution is 2.40. The van der Waals surface area contributed by atoms with Gasteiger partial charge in [0, 0.05) is 17.9 Å². The first-order valence-corrected chi connectivity index (χ1v) is 7.53. The van der Waals surface area contributed by atoms with Crippen molar-refractivity contribution in [2.24, 2.45) is 5.73 Å². The Labute approximate surface area is 117 Å². The molecule has 0 amide bonds. The van der Waals surface area contributed by atoms with Crippen molar-refractivity contribution in [3.63, 3.8) is 0 Å². The average molecular weight is 303 g/mol. The smallest absolute Gasteiger partial charge is 0.305 e. The van der Waals surface area contributed by atoms with Crippen LogP contribution in [0, 0.1) is 0 Å². The van der Waals surface area contributed by atoms with Crippen LogP contribution in [0.1, 0.15) is 18.0 Å². The Balaban J connectivity index is 3.47. The van der Waals surface area contributed by atoms with E-state index in [1.807, 2.05) is 0 Å². The van der Waals surface area contributed by atoms with Crippen LogP contribution in [0.2, 0.25) is 0 Å². The molecule has 7 nitrogen and oxygen atoms in total. The molecule has 20 heavy (non-hydrogen) atoms.